The Hall–Kier alpha value is -0.240. The van der Waals surface area contributed by atoms with Gasteiger partial charge in [0.15, 0.2) is 6.29 Å². The first-order valence-corrected chi connectivity index (χ1v) is 11.5. The van der Waals surface area contributed by atoms with Crippen LogP contribution in [0.5, 0.6) is 0 Å². The van der Waals surface area contributed by atoms with E-state index in [9.17, 15) is 15.3 Å². The van der Waals surface area contributed by atoms with Gasteiger partial charge in [-0.3, -0.25) is 0 Å². The van der Waals surface area contributed by atoms with Crippen LogP contribution in [-0.4, -0.2) is 64.3 Å². The molecule has 0 saturated carbocycles. The van der Waals surface area contributed by atoms with Crippen molar-refractivity contribution in [3.63, 3.8) is 0 Å². The van der Waals surface area contributed by atoms with Gasteiger partial charge in [-0.2, -0.15) is 0 Å². The first-order valence-electron chi connectivity index (χ1n) is 11.5. The van der Waals surface area contributed by atoms with Gasteiger partial charge in [0.25, 0.3) is 0 Å². The minimum Gasteiger partial charge on any atom is -0.394 e. The molecule has 28 heavy (non-hydrogen) atoms. The second-order valence-electron chi connectivity index (χ2n) is 8.16. The molecule has 0 bridgehead atoms. The zero-order chi connectivity index (χ0) is 20.6. The lowest BCUT2D eigenvalue weighted by Gasteiger charge is -2.39. The van der Waals surface area contributed by atoms with Gasteiger partial charge < -0.3 is 29.9 Å². The lowest BCUT2D eigenvalue weighted by atomic mass is 9.99. The molecule has 0 aromatic carbocycles. The first-order chi connectivity index (χ1) is 13.6. The highest BCUT2D eigenvalue weighted by Crippen LogP contribution is 2.22. The van der Waals surface area contributed by atoms with E-state index in [1.165, 1.54) is 77.0 Å². The summed E-state index contributed by atoms with van der Waals surface area (Å²) in [6, 6.07) is 0. The molecule has 1 aliphatic rings. The van der Waals surface area contributed by atoms with Crippen molar-refractivity contribution in [2.24, 2.45) is 0 Å². The zero-order valence-corrected chi connectivity index (χ0v) is 17.8. The topological polar surface area (TPSA) is 99.4 Å². The molecule has 0 aromatic rings. The first kappa shape index (κ1) is 25.8. The number of hydrogen-bond donors (Lipinski definition) is 4. The van der Waals surface area contributed by atoms with Crippen molar-refractivity contribution in [3.8, 4) is 0 Å². The van der Waals surface area contributed by atoms with Gasteiger partial charge in [-0.1, -0.05) is 90.4 Å². The van der Waals surface area contributed by atoms with E-state index in [0.29, 0.717) is 6.61 Å². The van der Waals surface area contributed by atoms with Crippen molar-refractivity contribution in [2.75, 3.05) is 13.2 Å². The highest BCUT2D eigenvalue weighted by atomic mass is 16.7. The van der Waals surface area contributed by atoms with E-state index in [1.54, 1.807) is 0 Å². The summed E-state index contributed by atoms with van der Waals surface area (Å²) in [5, 5.41) is 38.5. The number of rotatable bonds is 17. The molecule has 168 valence electrons. The molecule has 6 nitrogen and oxygen atoms in total. The highest BCUT2D eigenvalue weighted by molar-refractivity contribution is 4.88. The van der Waals surface area contributed by atoms with E-state index in [0.717, 1.165) is 12.8 Å². The monoisotopic (exact) mass is 404 g/mol. The molecule has 0 unspecified atom stereocenters. The fraction of sp³-hybridized carbons (Fsp3) is 1.00. The third kappa shape index (κ3) is 10.5. The molecule has 4 N–H and O–H groups in total. The maximum Gasteiger partial charge on any atom is 0.186 e. The van der Waals surface area contributed by atoms with Crippen LogP contribution in [0.15, 0.2) is 0 Å². The maximum absolute atomic E-state index is 9.89. The average Bonchev–Trinajstić information content (AvgIpc) is 2.70. The van der Waals surface area contributed by atoms with Crippen LogP contribution in [0.4, 0.5) is 0 Å². The van der Waals surface area contributed by atoms with Gasteiger partial charge in [0.05, 0.1) is 6.61 Å². The fourth-order valence-corrected chi connectivity index (χ4v) is 3.70. The molecule has 0 spiro atoms. The number of aliphatic hydroxyl groups excluding tert-OH is 4. The van der Waals surface area contributed by atoms with Gasteiger partial charge in [-0.25, -0.2) is 0 Å². The summed E-state index contributed by atoms with van der Waals surface area (Å²) in [5.41, 5.74) is 0. The second-order valence-corrected chi connectivity index (χ2v) is 8.16. The van der Waals surface area contributed by atoms with E-state index >= 15 is 0 Å². The summed E-state index contributed by atoms with van der Waals surface area (Å²) < 4.78 is 10.8. The third-order valence-corrected chi connectivity index (χ3v) is 5.63. The van der Waals surface area contributed by atoms with Gasteiger partial charge in [0.2, 0.25) is 0 Å². The summed E-state index contributed by atoms with van der Waals surface area (Å²) in [5.74, 6) is 0. The molecule has 1 fully saturated rings. The van der Waals surface area contributed by atoms with E-state index in [1.807, 2.05) is 0 Å². The maximum atomic E-state index is 9.89. The summed E-state index contributed by atoms with van der Waals surface area (Å²) in [6.07, 6.45) is 12.1. The molecule has 6 heteroatoms. The van der Waals surface area contributed by atoms with E-state index in [4.69, 9.17) is 14.6 Å². The SMILES string of the molecule is CCCCCCCCCCCCCCCCO[C@@H]1O[C@@H](CO)[C@H](O)[C@@H](O)[C@@H]1O. The summed E-state index contributed by atoms with van der Waals surface area (Å²) in [6.45, 7) is 2.26. The summed E-state index contributed by atoms with van der Waals surface area (Å²) in [4.78, 5) is 0. The number of unbranched alkanes of at least 4 members (excludes halogenated alkanes) is 13. The van der Waals surface area contributed by atoms with Crippen LogP contribution >= 0.6 is 0 Å². The van der Waals surface area contributed by atoms with Crippen molar-refractivity contribution in [1.82, 2.24) is 0 Å². The largest absolute Gasteiger partial charge is 0.394 e. The second kappa shape index (κ2) is 16.5. The van der Waals surface area contributed by atoms with E-state index in [2.05, 4.69) is 6.92 Å². The minimum atomic E-state index is -1.37. The Morgan fingerprint density at radius 3 is 1.57 bits per heavy atom. The Balaban J connectivity index is 1.90. The van der Waals surface area contributed by atoms with Gasteiger partial charge >= 0.3 is 0 Å². The molecule has 5 atom stereocenters. The average molecular weight is 405 g/mol. The Labute approximate surface area is 171 Å². The fourth-order valence-electron chi connectivity index (χ4n) is 3.70. The molecular formula is C22H44O6. The quantitative estimate of drug-likeness (QED) is 0.278. The molecule has 1 heterocycles. The van der Waals surface area contributed by atoms with Gasteiger partial charge in [0.1, 0.15) is 24.4 Å². The molecule has 1 saturated heterocycles. The zero-order valence-electron chi connectivity index (χ0n) is 17.8. The van der Waals surface area contributed by atoms with Crippen molar-refractivity contribution >= 4 is 0 Å². The molecular weight excluding hydrogens is 360 g/mol. The Bertz CT molecular complexity index is 352. The van der Waals surface area contributed by atoms with Crippen LogP contribution in [0, 0.1) is 0 Å². The molecule has 1 aliphatic heterocycles. The van der Waals surface area contributed by atoms with Crippen LogP contribution in [0.25, 0.3) is 0 Å². The van der Waals surface area contributed by atoms with Crippen molar-refractivity contribution in [2.45, 2.75) is 128 Å². The minimum absolute atomic E-state index is 0.427. The summed E-state index contributed by atoms with van der Waals surface area (Å²) >= 11 is 0. The summed E-state index contributed by atoms with van der Waals surface area (Å²) in [7, 11) is 0. The number of ether oxygens (including phenoxy) is 2. The van der Waals surface area contributed by atoms with Crippen LogP contribution < -0.4 is 0 Å². The van der Waals surface area contributed by atoms with Crippen molar-refractivity contribution < 1.29 is 29.9 Å². The standard InChI is InChI=1S/C22H44O6/c1-2-3-4-5-6-7-8-9-10-11-12-13-14-15-16-27-22-21(26)20(25)19(24)18(17-23)28-22/h18-26H,2-17H2,1H3/t18-,19-,20+,21-,22+/m0/s1. The molecule has 0 amide bonds. The predicted octanol–water partition coefficient (Wildman–Crippen LogP) is 3.28. The number of hydrogen-bond acceptors (Lipinski definition) is 6. The van der Waals surface area contributed by atoms with E-state index in [-0.39, 0.29) is 0 Å². The molecule has 0 radical (unpaired) electrons. The van der Waals surface area contributed by atoms with Crippen LogP contribution in [-0.2, 0) is 9.47 Å². The van der Waals surface area contributed by atoms with Crippen molar-refractivity contribution in [1.29, 1.82) is 0 Å². The normalized spacial score (nSPS) is 28.0. The van der Waals surface area contributed by atoms with Gasteiger partial charge in [-0.15, -0.1) is 0 Å². The Kier molecular flexibility index (Phi) is 15.2. The predicted molar refractivity (Wildman–Crippen MR) is 110 cm³/mol. The van der Waals surface area contributed by atoms with Gasteiger partial charge in [0, 0.05) is 6.61 Å². The Morgan fingerprint density at radius 2 is 1.11 bits per heavy atom. The van der Waals surface area contributed by atoms with Crippen LogP contribution in [0.1, 0.15) is 96.8 Å². The molecule has 0 aromatic heterocycles. The number of aliphatic hydroxyl groups is 4. The van der Waals surface area contributed by atoms with E-state index < -0.39 is 37.3 Å². The Morgan fingerprint density at radius 1 is 0.643 bits per heavy atom. The highest BCUT2D eigenvalue weighted by Gasteiger charge is 2.43. The lowest BCUT2D eigenvalue weighted by Crippen LogP contribution is -2.59. The molecule has 1 rings (SSSR count). The molecule has 0 aliphatic carbocycles. The van der Waals surface area contributed by atoms with Crippen LogP contribution in [0.2, 0.25) is 0 Å². The van der Waals surface area contributed by atoms with Crippen LogP contribution in [0.3, 0.4) is 0 Å². The van der Waals surface area contributed by atoms with Crippen molar-refractivity contribution in [3.05, 3.63) is 0 Å². The third-order valence-electron chi connectivity index (χ3n) is 5.63. The lowest BCUT2D eigenvalue weighted by molar-refractivity contribution is -0.301. The van der Waals surface area contributed by atoms with Gasteiger partial charge in [-0.05, 0) is 6.42 Å². The smallest absolute Gasteiger partial charge is 0.186 e.